The number of rotatable bonds is 5. The SMILES string of the molecule is CN(C(=O)CN1C(=O)/C(=C/c2ccc(F)cc2)SC1=S)c1ccccc1C(=O)O. The summed E-state index contributed by atoms with van der Waals surface area (Å²) in [6, 6.07) is 11.7. The number of amides is 2. The highest BCUT2D eigenvalue weighted by Gasteiger charge is 2.34. The van der Waals surface area contributed by atoms with Gasteiger partial charge in [0.05, 0.1) is 16.2 Å². The highest BCUT2D eigenvalue weighted by molar-refractivity contribution is 8.26. The number of carboxylic acid groups (broad SMARTS) is 1. The molecule has 29 heavy (non-hydrogen) atoms. The van der Waals surface area contributed by atoms with Crippen molar-refractivity contribution in [1.82, 2.24) is 4.90 Å². The molecule has 0 bridgehead atoms. The van der Waals surface area contributed by atoms with E-state index in [0.717, 1.165) is 16.7 Å². The Morgan fingerprint density at radius 3 is 2.52 bits per heavy atom. The maximum atomic E-state index is 13.0. The molecule has 2 aromatic rings. The summed E-state index contributed by atoms with van der Waals surface area (Å²) in [5.41, 5.74) is 0.827. The molecule has 0 atom stereocenters. The maximum absolute atomic E-state index is 13.0. The molecule has 1 aliphatic rings. The second-order valence-electron chi connectivity index (χ2n) is 6.09. The van der Waals surface area contributed by atoms with Gasteiger partial charge in [-0.2, -0.15) is 0 Å². The van der Waals surface area contributed by atoms with Crippen molar-refractivity contribution in [3.8, 4) is 0 Å². The van der Waals surface area contributed by atoms with E-state index in [9.17, 15) is 23.9 Å². The first-order chi connectivity index (χ1) is 13.8. The van der Waals surface area contributed by atoms with Gasteiger partial charge in [-0.25, -0.2) is 9.18 Å². The van der Waals surface area contributed by atoms with Gasteiger partial charge in [-0.15, -0.1) is 0 Å². The van der Waals surface area contributed by atoms with E-state index in [-0.39, 0.29) is 27.9 Å². The number of thiocarbonyl (C=S) groups is 1. The molecule has 2 amide bonds. The van der Waals surface area contributed by atoms with Gasteiger partial charge in [0, 0.05) is 7.05 Å². The van der Waals surface area contributed by atoms with Crippen LogP contribution in [-0.4, -0.2) is 45.7 Å². The van der Waals surface area contributed by atoms with Gasteiger partial charge in [0.25, 0.3) is 5.91 Å². The largest absolute Gasteiger partial charge is 0.478 e. The van der Waals surface area contributed by atoms with Crippen molar-refractivity contribution in [3.05, 3.63) is 70.4 Å². The van der Waals surface area contributed by atoms with Crippen LogP contribution >= 0.6 is 24.0 Å². The highest BCUT2D eigenvalue weighted by Crippen LogP contribution is 2.32. The molecule has 1 saturated heterocycles. The van der Waals surface area contributed by atoms with E-state index in [1.165, 1.54) is 48.3 Å². The number of anilines is 1. The van der Waals surface area contributed by atoms with Crippen LogP contribution in [0.15, 0.2) is 53.4 Å². The van der Waals surface area contributed by atoms with Crippen LogP contribution in [0.3, 0.4) is 0 Å². The van der Waals surface area contributed by atoms with Crippen LogP contribution < -0.4 is 4.90 Å². The van der Waals surface area contributed by atoms with Gasteiger partial charge in [-0.3, -0.25) is 14.5 Å². The molecule has 0 aliphatic carbocycles. The van der Waals surface area contributed by atoms with Crippen molar-refractivity contribution in [3.63, 3.8) is 0 Å². The molecule has 0 unspecified atom stereocenters. The molecular formula is C20H15FN2O4S2. The zero-order valence-corrected chi connectivity index (χ0v) is 16.8. The fourth-order valence-electron chi connectivity index (χ4n) is 2.67. The highest BCUT2D eigenvalue weighted by atomic mass is 32.2. The number of thioether (sulfide) groups is 1. The lowest BCUT2D eigenvalue weighted by Crippen LogP contribution is -2.40. The minimum atomic E-state index is -1.16. The summed E-state index contributed by atoms with van der Waals surface area (Å²) < 4.78 is 13.3. The van der Waals surface area contributed by atoms with Crippen molar-refractivity contribution in [2.45, 2.75) is 0 Å². The van der Waals surface area contributed by atoms with Crippen LogP contribution in [0.1, 0.15) is 15.9 Å². The van der Waals surface area contributed by atoms with E-state index >= 15 is 0 Å². The first-order valence-corrected chi connectivity index (χ1v) is 9.60. The summed E-state index contributed by atoms with van der Waals surface area (Å²) in [5.74, 6) is -2.46. The van der Waals surface area contributed by atoms with Crippen molar-refractivity contribution in [2.24, 2.45) is 0 Å². The maximum Gasteiger partial charge on any atom is 0.337 e. The fourth-order valence-corrected chi connectivity index (χ4v) is 3.92. The van der Waals surface area contributed by atoms with E-state index in [2.05, 4.69) is 0 Å². The van der Waals surface area contributed by atoms with Gasteiger partial charge in [0.15, 0.2) is 0 Å². The quantitative estimate of drug-likeness (QED) is 0.579. The molecule has 2 aromatic carbocycles. The number of para-hydroxylation sites is 1. The average Bonchev–Trinajstić information content (AvgIpc) is 2.96. The number of benzene rings is 2. The van der Waals surface area contributed by atoms with E-state index in [1.54, 1.807) is 18.2 Å². The van der Waals surface area contributed by atoms with Gasteiger partial charge >= 0.3 is 5.97 Å². The van der Waals surface area contributed by atoms with Crippen LogP contribution in [0.25, 0.3) is 6.08 Å². The summed E-state index contributed by atoms with van der Waals surface area (Å²) in [5, 5.41) is 9.30. The Kier molecular flexibility index (Phi) is 6.09. The predicted molar refractivity (Wildman–Crippen MR) is 113 cm³/mol. The number of carbonyl (C=O) groups excluding carboxylic acids is 2. The van der Waals surface area contributed by atoms with Crippen LogP contribution in [0.2, 0.25) is 0 Å². The van der Waals surface area contributed by atoms with Crippen LogP contribution in [0.4, 0.5) is 10.1 Å². The molecule has 148 valence electrons. The molecule has 0 saturated carbocycles. The van der Waals surface area contributed by atoms with Gasteiger partial charge in [-0.05, 0) is 35.9 Å². The molecule has 9 heteroatoms. The average molecular weight is 430 g/mol. The Labute approximate surface area is 175 Å². The van der Waals surface area contributed by atoms with Crippen LogP contribution in [-0.2, 0) is 9.59 Å². The zero-order chi connectivity index (χ0) is 21.1. The van der Waals surface area contributed by atoms with E-state index in [4.69, 9.17) is 12.2 Å². The topological polar surface area (TPSA) is 77.9 Å². The number of halogens is 1. The normalized spacial score (nSPS) is 15.1. The Hall–Kier alpha value is -3.04. The number of hydrogen-bond donors (Lipinski definition) is 1. The third-order valence-electron chi connectivity index (χ3n) is 4.20. The number of aromatic carboxylic acids is 1. The smallest absolute Gasteiger partial charge is 0.337 e. The summed E-state index contributed by atoms with van der Waals surface area (Å²) in [6.45, 7) is -0.324. The van der Waals surface area contributed by atoms with Crippen molar-refractivity contribution < 1.29 is 23.9 Å². The van der Waals surface area contributed by atoms with Gasteiger partial charge in [0.1, 0.15) is 16.7 Å². The summed E-state index contributed by atoms with van der Waals surface area (Å²) in [7, 11) is 1.44. The first-order valence-electron chi connectivity index (χ1n) is 8.37. The second kappa shape index (κ2) is 8.54. The molecule has 1 heterocycles. The standard InChI is InChI=1S/C20H15FN2O4S2/c1-22(15-5-3-2-4-14(15)19(26)27)17(24)11-23-18(25)16(29-20(23)28)10-12-6-8-13(21)9-7-12/h2-10H,11H2,1H3,(H,26,27)/b16-10-. The fraction of sp³-hybridized carbons (Fsp3) is 0.100. The molecule has 1 fully saturated rings. The second-order valence-corrected chi connectivity index (χ2v) is 7.77. The van der Waals surface area contributed by atoms with Crippen molar-refractivity contribution >= 4 is 57.8 Å². The van der Waals surface area contributed by atoms with Gasteiger partial charge < -0.3 is 10.0 Å². The molecule has 3 rings (SSSR count). The van der Waals surface area contributed by atoms with Gasteiger partial charge in [-0.1, -0.05) is 48.2 Å². The van der Waals surface area contributed by atoms with Crippen LogP contribution in [0.5, 0.6) is 0 Å². The lowest BCUT2D eigenvalue weighted by molar-refractivity contribution is -0.127. The number of carbonyl (C=O) groups is 3. The Morgan fingerprint density at radius 2 is 1.86 bits per heavy atom. The first kappa shape index (κ1) is 20.7. The zero-order valence-electron chi connectivity index (χ0n) is 15.2. The summed E-state index contributed by atoms with van der Waals surface area (Å²) >= 11 is 6.27. The lowest BCUT2D eigenvalue weighted by atomic mass is 10.1. The molecular weight excluding hydrogens is 415 g/mol. The Balaban J connectivity index is 1.77. The van der Waals surface area contributed by atoms with Crippen molar-refractivity contribution in [1.29, 1.82) is 0 Å². The van der Waals surface area contributed by atoms with Crippen LogP contribution in [0, 0.1) is 5.82 Å². The minimum absolute atomic E-state index is 0.0232. The molecule has 6 nitrogen and oxygen atoms in total. The number of likely N-dealkylation sites (N-methyl/N-ethyl adjacent to an activating group) is 1. The summed E-state index contributed by atoms with van der Waals surface area (Å²) in [6.07, 6.45) is 1.58. The molecule has 0 aromatic heterocycles. The Bertz CT molecular complexity index is 1040. The molecule has 1 aliphatic heterocycles. The third-order valence-corrected chi connectivity index (χ3v) is 5.58. The number of nitrogens with zero attached hydrogens (tertiary/aromatic N) is 2. The van der Waals surface area contributed by atoms with Crippen molar-refractivity contribution in [2.75, 3.05) is 18.5 Å². The van der Waals surface area contributed by atoms with E-state index in [0.29, 0.717) is 10.5 Å². The third kappa shape index (κ3) is 4.52. The summed E-state index contributed by atoms with van der Waals surface area (Å²) in [4.78, 5) is 39.4. The molecule has 0 radical (unpaired) electrons. The molecule has 1 N–H and O–H groups in total. The minimum Gasteiger partial charge on any atom is -0.478 e. The molecule has 0 spiro atoms. The lowest BCUT2D eigenvalue weighted by Gasteiger charge is -2.22. The monoisotopic (exact) mass is 430 g/mol. The Morgan fingerprint density at radius 1 is 1.21 bits per heavy atom. The predicted octanol–water partition coefficient (Wildman–Crippen LogP) is 3.39. The number of carboxylic acids is 1. The van der Waals surface area contributed by atoms with E-state index < -0.39 is 17.8 Å². The number of hydrogen-bond acceptors (Lipinski definition) is 5. The van der Waals surface area contributed by atoms with E-state index in [1.807, 2.05) is 0 Å². The van der Waals surface area contributed by atoms with Gasteiger partial charge in [0.2, 0.25) is 5.91 Å².